The van der Waals surface area contributed by atoms with Gasteiger partial charge >= 0.3 is 0 Å². The fraction of sp³-hybridized carbons (Fsp3) is 0.429. The Kier molecular flexibility index (Phi) is 4.54. The second-order valence-corrected chi connectivity index (χ2v) is 7.04. The van der Waals surface area contributed by atoms with Crippen LogP contribution < -0.4 is 0 Å². The highest BCUT2D eigenvalue weighted by molar-refractivity contribution is 6.07. The zero-order chi connectivity index (χ0) is 16.4. The van der Waals surface area contributed by atoms with E-state index >= 15 is 0 Å². The smallest absolute Gasteiger partial charge is 0.0491 e. The van der Waals surface area contributed by atoms with Gasteiger partial charge in [0.05, 0.1) is 0 Å². The lowest BCUT2D eigenvalue weighted by atomic mass is 10.2. The van der Waals surface area contributed by atoms with E-state index in [-0.39, 0.29) is 0 Å². The molecule has 0 atom stereocenters. The van der Waals surface area contributed by atoms with Gasteiger partial charge in [-0.25, -0.2) is 0 Å². The molecule has 2 aromatic carbocycles. The van der Waals surface area contributed by atoms with Crippen LogP contribution in [0.5, 0.6) is 0 Å². The summed E-state index contributed by atoms with van der Waals surface area (Å²) in [5, 5.41) is 2.76. The Morgan fingerprint density at radius 1 is 0.708 bits per heavy atom. The monoisotopic (exact) mass is 321 g/mol. The molecule has 0 N–H and O–H groups in total. The summed E-state index contributed by atoms with van der Waals surface area (Å²) in [5.74, 6) is 0. The van der Waals surface area contributed by atoms with Crippen molar-refractivity contribution >= 4 is 21.8 Å². The van der Waals surface area contributed by atoms with Crippen LogP contribution in [0, 0.1) is 0 Å². The van der Waals surface area contributed by atoms with Gasteiger partial charge in [-0.3, -0.25) is 0 Å². The maximum atomic E-state index is 2.62. The molecule has 3 aromatic rings. The van der Waals surface area contributed by atoms with E-state index in [1.807, 2.05) is 0 Å². The maximum absolute atomic E-state index is 2.62. The van der Waals surface area contributed by atoms with Crippen molar-refractivity contribution < 1.29 is 0 Å². The van der Waals surface area contributed by atoms with Gasteiger partial charge in [-0.2, -0.15) is 0 Å². The molecule has 0 radical (unpaired) electrons. The number of para-hydroxylation sites is 2. The number of aryl methyl sites for hydroxylation is 1. The number of likely N-dealkylation sites (N-methyl/N-ethyl adjacent to an activating group) is 1. The molecule has 0 bridgehead atoms. The van der Waals surface area contributed by atoms with Gasteiger partial charge in [-0.05, 0) is 38.6 Å². The molecule has 24 heavy (non-hydrogen) atoms. The summed E-state index contributed by atoms with van der Waals surface area (Å²) in [6.07, 6.45) is 2.53. The zero-order valence-corrected chi connectivity index (χ0v) is 14.6. The van der Waals surface area contributed by atoms with E-state index in [2.05, 4.69) is 69.9 Å². The molecule has 1 fully saturated rings. The largest absolute Gasteiger partial charge is 0.340 e. The van der Waals surface area contributed by atoms with Crippen LogP contribution in [0.15, 0.2) is 48.5 Å². The third kappa shape index (κ3) is 3.06. The van der Waals surface area contributed by atoms with Crippen molar-refractivity contribution in [3.05, 3.63) is 48.5 Å². The molecule has 0 aliphatic carbocycles. The quantitative estimate of drug-likeness (QED) is 0.662. The lowest BCUT2D eigenvalue weighted by molar-refractivity contribution is 0.152. The number of hydrogen-bond donors (Lipinski definition) is 0. The molecule has 0 amide bonds. The first-order valence-electron chi connectivity index (χ1n) is 9.20. The van der Waals surface area contributed by atoms with Gasteiger partial charge in [0.2, 0.25) is 0 Å². The van der Waals surface area contributed by atoms with Gasteiger partial charge in [0.15, 0.2) is 0 Å². The molecular formula is C21H27N3. The molecule has 126 valence electrons. The van der Waals surface area contributed by atoms with Gasteiger partial charge in [0, 0.05) is 54.5 Å². The van der Waals surface area contributed by atoms with Crippen LogP contribution in [0.2, 0.25) is 0 Å². The Bertz CT molecular complexity index is 759. The van der Waals surface area contributed by atoms with Gasteiger partial charge in [0.1, 0.15) is 0 Å². The molecule has 3 heteroatoms. The van der Waals surface area contributed by atoms with Gasteiger partial charge in [-0.1, -0.05) is 36.4 Å². The lowest BCUT2D eigenvalue weighted by Gasteiger charge is -2.32. The summed E-state index contributed by atoms with van der Waals surface area (Å²) < 4.78 is 2.51. The van der Waals surface area contributed by atoms with Crippen molar-refractivity contribution in [3.63, 3.8) is 0 Å². The molecule has 1 aliphatic rings. The van der Waals surface area contributed by atoms with E-state index in [0.29, 0.717) is 0 Å². The van der Waals surface area contributed by atoms with Crippen LogP contribution in [-0.2, 0) is 6.54 Å². The standard InChI is InChI=1S/C21H27N3/c1-22-14-16-23(17-15-22)12-6-7-13-24-20-10-4-2-8-18(20)19-9-3-5-11-21(19)24/h2-5,8-11H,6-7,12-17H2,1H3. The Labute approximate surface area is 144 Å². The highest BCUT2D eigenvalue weighted by atomic mass is 15.2. The average molecular weight is 321 g/mol. The molecule has 1 saturated heterocycles. The first kappa shape index (κ1) is 15.7. The van der Waals surface area contributed by atoms with Crippen molar-refractivity contribution in [2.75, 3.05) is 39.8 Å². The van der Waals surface area contributed by atoms with E-state index in [0.717, 1.165) is 6.54 Å². The fourth-order valence-electron chi connectivity index (χ4n) is 3.92. The van der Waals surface area contributed by atoms with Gasteiger partial charge in [0.25, 0.3) is 0 Å². The van der Waals surface area contributed by atoms with Crippen molar-refractivity contribution in [3.8, 4) is 0 Å². The van der Waals surface area contributed by atoms with E-state index in [1.54, 1.807) is 0 Å². The third-order valence-electron chi connectivity index (χ3n) is 5.38. The molecule has 1 aliphatic heterocycles. The Balaban J connectivity index is 1.44. The Morgan fingerprint density at radius 3 is 1.88 bits per heavy atom. The van der Waals surface area contributed by atoms with Crippen LogP contribution >= 0.6 is 0 Å². The maximum Gasteiger partial charge on any atom is 0.0491 e. The molecule has 0 saturated carbocycles. The molecule has 0 spiro atoms. The van der Waals surface area contributed by atoms with Crippen LogP contribution in [0.1, 0.15) is 12.8 Å². The van der Waals surface area contributed by atoms with Crippen molar-refractivity contribution in [1.82, 2.24) is 14.4 Å². The SMILES string of the molecule is CN1CCN(CCCCn2c3ccccc3c3ccccc32)CC1. The summed E-state index contributed by atoms with van der Waals surface area (Å²) >= 11 is 0. The Morgan fingerprint density at radius 2 is 1.25 bits per heavy atom. The minimum Gasteiger partial charge on any atom is -0.340 e. The summed E-state index contributed by atoms with van der Waals surface area (Å²) in [6.45, 7) is 7.24. The summed E-state index contributed by atoms with van der Waals surface area (Å²) in [4.78, 5) is 5.04. The number of fused-ring (bicyclic) bond motifs is 3. The average Bonchev–Trinajstić information content (AvgIpc) is 2.95. The normalized spacial score (nSPS) is 17.0. The number of benzene rings is 2. The lowest BCUT2D eigenvalue weighted by Crippen LogP contribution is -2.44. The first-order valence-corrected chi connectivity index (χ1v) is 9.20. The van der Waals surface area contributed by atoms with Crippen molar-refractivity contribution in [2.45, 2.75) is 19.4 Å². The molecule has 2 heterocycles. The van der Waals surface area contributed by atoms with Crippen LogP contribution in [-0.4, -0.2) is 54.1 Å². The van der Waals surface area contributed by atoms with E-state index in [1.165, 1.54) is 67.4 Å². The number of rotatable bonds is 5. The molecule has 1 aromatic heterocycles. The number of nitrogens with zero attached hydrogens (tertiary/aromatic N) is 3. The van der Waals surface area contributed by atoms with Crippen LogP contribution in [0.4, 0.5) is 0 Å². The second-order valence-electron chi connectivity index (χ2n) is 7.04. The first-order chi connectivity index (χ1) is 11.8. The second kappa shape index (κ2) is 6.96. The predicted molar refractivity (Wildman–Crippen MR) is 103 cm³/mol. The topological polar surface area (TPSA) is 11.4 Å². The zero-order valence-electron chi connectivity index (χ0n) is 14.6. The summed E-state index contributed by atoms with van der Waals surface area (Å²) in [7, 11) is 2.22. The van der Waals surface area contributed by atoms with E-state index in [9.17, 15) is 0 Å². The number of hydrogen-bond acceptors (Lipinski definition) is 2. The number of aromatic nitrogens is 1. The highest BCUT2D eigenvalue weighted by Gasteiger charge is 2.13. The van der Waals surface area contributed by atoms with Crippen LogP contribution in [0.25, 0.3) is 21.8 Å². The van der Waals surface area contributed by atoms with Gasteiger partial charge in [-0.15, -0.1) is 0 Å². The summed E-state index contributed by atoms with van der Waals surface area (Å²) in [5.41, 5.74) is 2.75. The molecule has 0 unspecified atom stereocenters. The molecular weight excluding hydrogens is 294 g/mol. The van der Waals surface area contributed by atoms with Crippen LogP contribution in [0.3, 0.4) is 0 Å². The minimum absolute atomic E-state index is 1.11. The minimum atomic E-state index is 1.11. The van der Waals surface area contributed by atoms with Crippen molar-refractivity contribution in [1.29, 1.82) is 0 Å². The van der Waals surface area contributed by atoms with E-state index in [4.69, 9.17) is 0 Å². The van der Waals surface area contributed by atoms with E-state index < -0.39 is 0 Å². The molecule has 3 nitrogen and oxygen atoms in total. The Hall–Kier alpha value is -1.84. The molecule has 4 rings (SSSR count). The van der Waals surface area contributed by atoms with Gasteiger partial charge < -0.3 is 14.4 Å². The highest BCUT2D eigenvalue weighted by Crippen LogP contribution is 2.28. The predicted octanol–water partition coefficient (Wildman–Crippen LogP) is 3.82. The third-order valence-corrected chi connectivity index (χ3v) is 5.38. The summed E-state index contributed by atoms with van der Waals surface area (Å²) in [6, 6.07) is 17.6. The number of piperazine rings is 1. The fourth-order valence-corrected chi connectivity index (χ4v) is 3.92. The van der Waals surface area contributed by atoms with Crippen molar-refractivity contribution in [2.24, 2.45) is 0 Å². The number of unbranched alkanes of at least 4 members (excludes halogenated alkanes) is 1.